The van der Waals surface area contributed by atoms with Crippen LogP contribution in [-0.4, -0.2) is 72.6 Å². The summed E-state index contributed by atoms with van der Waals surface area (Å²) in [7, 11) is 0. The fraction of sp³-hybridized carbons (Fsp3) is 0.529. The number of anilines is 1. The second-order valence-electron chi connectivity index (χ2n) is 5.95. The van der Waals surface area contributed by atoms with Crippen molar-refractivity contribution in [2.24, 2.45) is 0 Å². The molecule has 1 aliphatic rings. The molecule has 2 rings (SSSR count). The van der Waals surface area contributed by atoms with Crippen LogP contribution in [0.5, 0.6) is 0 Å². The Hall–Kier alpha value is -2.15. The van der Waals surface area contributed by atoms with Gasteiger partial charge in [0.25, 0.3) is 0 Å². The van der Waals surface area contributed by atoms with Crippen LogP contribution < -0.4 is 4.90 Å². The Balaban J connectivity index is 1.85. The second kappa shape index (κ2) is 8.63. The molecule has 1 aliphatic heterocycles. The van der Waals surface area contributed by atoms with Gasteiger partial charge < -0.3 is 14.9 Å². The number of hydrogen-bond acceptors (Lipinski definition) is 4. The van der Waals surface area contributed by atoms with Gasteiger partial charge in [-0.1, -0.05) is 6.92 Å². The van der Waals surface area contributed by atoms with Crippen LogP contribution in [0.2, 0.25) is 0 Å². The summed E-state index contributed by atoms with van der Waals surface area (Å²) in [5.41, 5.74) is 0.946. The Kier molecular flexibility index (Phi) is 6.54. The van der Waals surface area contributed by atoms with Crippen molar-refractivity contribution in [3.8, 4) is 0 Å². The van der Waals surface area contributed by atoms with Crippen molar-refractivity contribution in [1.82, 2.24) is 9.80 Å². The molecule has 0 unspecified atom stereocenters. The van der Waals surface area contributed by atoms with Gasteiger partial charge >= 0.3 is 5.97 Å². The van der Waals surface area contributed by atoms with E-state index < -0.39 is 5.97 Å². The molecule has 1 saturated heterocycles. The quantitative estimate of drug-likeness (QED) is 0.812. The van der Waals surface area contributed by atoms with Crippen LogP contribution in [0.15, 0.2) is 24.3 Å². The van der Waals surface area contributed by atoms with Gasteiger partial charge in [0.1, 0.15) is 5.82 Å². The highest BCUT2D eigenvalue weighted by Gasteiger charge is 2.23. The van der Waals surface area contributed by atoms with Crippen LogP contribution in [0.1, 0.15) is 13.3 Å². The van der Waals surface area contributed by atoms with Gasteiger partial charge in [0.2, 0.25) is 5.91 Å². The fourth-order valence-electron chi connectivity index (χ4n) is 2.88. The molecule has 132 valence electrons. The summed E-state index contributed by atoms with van der Waals surface area (Å²) in [5, 5.41) is 8.91. The lowest BCUT2D eigenvalue weighted by molar-refractivity contribution is -0.139. The second-order valence-corrected chi connectivity index (χ2v) is 5.95. The van der Waals surface area contributed by atoms with Crippen LogP contribution in [0.4, 0.5) is 10.1 Å². The third kappa shape index (κ3) is 5.19. The van der Waals surface area contributed by atoms with E-state index >= 15 is 0 Å². The Bertz CT molecular complexity index is 557. The number of hydrogen-bond donors (Lipinski definition) is 1. The average Bonchev–Trinajstić information content (AvgIpc) is 2.55. The predicted molar refractivity (Wildman–Crippen MR) is 89.6 cm³/mol. The maximum absolute atomic E-state index is 13.0. The average molecular weight is 337 g/mol. The van der Waals surface area contributed by atoms with Crippen LogP contribution >= 0.6 is 0 Å². The van der Waals surface area contributed by atoms with Crippen molar-refractivity contribution in [1.29, 1.82) is 0 Å². The molecule has 1 amide bonds. The first-order valence-corrected chi connectivity index (χ1v) is 8.22. The number of piperazine rings is 1. The normalized spacial score (nSPS) is 15.0. The van der Waals surface area contributed by atoms with Gasteiger partial charge in [-0.05, 0) is 37.2 Å². The number of nitrogens with zero attached hydrogens (tertiary/aromatic N) is 3. The van der Waals surface area contributed by atoms with Crippen molar-refractivity contribution >= 4 is 17.6 Å². The molecule has 1 aromatic rings. The van der Waals surface area contributed by atoms with Crippen molar-refractivity contribution in [2.45, 2.75) is 13.3 Å². The maximum Gasteiger partial charge on any atom is 0.317 e. The highest BCUT2D eigenvalue weighted by atomic mass is 19.1. The number of carbonyl (C=O) groups is 2. The van der Waals surface area contributed by atoms with E-state index in [-0.39, 0.29) is 24.8 Å². The van der Waals surface area contributed by atoms with Crippen molar-refractivity contribution < 1.29 is 19.1 Å². The Morgan fingerprint density at radius 1 is 1.12 bits per heavy atom. The number of carboxylic acid groups (broad SMARTS) is 1. The van der Waals surface area contributed by atoms with E-state index in [2.05, 4.69) is 4.90 Å². The maximum atomic E-state index is 13.0. The van der Waals surface area contributed by atoms with E-state index in [4.69, 9.17) is 5.11 Å². The first kappa shape index (κ1) is 18.2. The highest BCUT2D eigenvalue weighted by Crippen LogP contribution is 2.17. The molecule has 24 heavy (non-hydrogen) atoms. The number of halogens is 1. The number of rotatable bonds is 7. The SMILES string of the molecule is CCCN(CC(=O)O)CC(=O)N1CCN(c2ccc(F)cc2)CC1. The fourth-order valence-corrected chi connectivity index (χ4v) is 2.88. The lowest BCUT2D eigenvalue weighted by atomic mass is 10.2. The standard InChI is InChI=1S/C17H24FN3O3/c1-2-7-19(13-17(23)24)12-16(22)21-10-8-20(9-11-21)15-5-3-14(18)4-6-15/h3-6H,2,7-13H2,1H3,(H,23,24). The van der Waals surface area contributed by atoms with E-state index in [1.165, 1.54) is 12.1 Å². The van der Waals surface area contributed by atoms with Gasteiger partial charge in [-0.2, -0.15) is 0 Å². The molecule has 1 fully saturated rings. The third-order valence-electron chi connectivity index (χ3n) is 4.08. The Morgan fingerprint density at radius 3 is 2.29 bits per heavy atom. The topological polar surface area (TPSA) is 64.1 Å². The summed E-state index contributed by atoms with van der Waals surface area (Å²) in [5.74, 6) is -1.22. The molecule has 0 atom stereocenters. The third-order valence-corrected chi connectivity index (χ3v) is 4.08. The van der Waals surface area contributed by atoms with Crippen LogP contribution in [0.25, 0.3) is 0 Å². The summed E-state index contributed by atoms with van der Waals surface area (Å²) in [6.07, 6.45) is 0.804. The summed E-state index contributed by atoms with van der Waals surface area (Å²) < 4.78 is 13.0. The summed E-state index contributed by atoms with van der Waals surface area (Å²) in [6, 6.07) is 6.34. The molecular weight excluding hydrogens is 313 g/mol. The smallest absolute Gasteiger partial charge is 0.317 e. The minimum absolute atomic E-state index is 0.0385. The summed E-state index contributed by atoms with van der Waals surface area (Å²) in [4.78, 5) is 28.8. The molecule has 1 aromatic carbocycles. The lowest BCUT2D eigenvalue weighted by Crippen LogP contribution is -2.51. The van der Waals surface area contributed by atoms with Gasteiger partial charge in [-0.15, -0.1) is 0 Å². The Morgan fingerprint density at radius 2 is 1.75 bits per heavy atom. The van der Waals surface area contributed by atoms with E-state index in [0.29, 0.717) is 32.7 Å². The minimum atomic E-state index is -0.919. The van der Waals surface area contributed by atoms with Gasteiger partial charge in [0, 0.05) is 31.9 Å². The van der Waals surface area contributed by atoms with Crippen molar-refractivity contribution in [2.75, 3.05) is 50.7 Å². The highest BCUT2D eigenvalue weighted by molar-refractivity contribution is 5.79. The molecule has 0 bridgehead atoms. The molecule has 0 spiro atoms. The predicted octanol–water partition coefficient (Wildman–Crippen LogP) is 1.27. The monoisotopic (exact) mass is 337 g/mol. The number of carboxylic acids is 1. The molecule has 0 radical (unpaired) electrons. The molecule has 0 saturated carbocycles. The molecule has 0 aliphatic carbocycles. The van der Waals surface area contributed by atoms with Crippen molar-refractivity contribution in [3.63, 3.8) is 0 Å². The van der Waals surface area contributed by atoms with E-state index in [0.717, 1.165) is 12.1 Å². The van der Waals surface area contributed by atoms with Gasteiger partial charge in [-0.3, -0.25) is 14.5 Å². The molecular formula is C17H24FN3O3. The number of carbonyl (C=O) groups excluding carboxylic acids is 1. The van der Waals surface area contributed by atoms with Crippen LogP contribution in [0, 0.1) is 5.82 Å². The van der Waals surface area contributed by atoms with Crippen molar-refractivity contribution in [3.05, 3.63) is 30.1 Å². The first-order chi connectivity index (χ1) is 11.5. The Labute approximate surface area is 141 Å². The minimum Gasteiger partial charge on any atom is -0.480 e. The summed E-state index contributed by atoms with van der Waals surface area (Å²) in [6.45, 7) is 5.11. The number of aliphatic carboxylic acids is 1. The van der Waals surface area contributed by atoms with E-state index in [9.17, 15) is 14.0 Å². The first-order valence-electron chi connectivity index (χ1n) is 8.22. The van der Waals surface area contributed by atoms with Gasteiger partial charge in [0.15, 0.2) is 0 Å². The molecule has 1 heterocycles. The van der Waals surface area contributed by atoms with E-state index in [1.807, 2.05) is 6.92 Å². The van der Waals surface area contributed by atoms with Gasteiger partial charge in [-0.25, -0.2) is 4.39 Å². The zero-order valence-electron chi connectivity index (χ0n) is 13.9. The molecule has 6 nitrogen and oxygen atoms in total. The molecule has 7 heteroatoms. The zero-order valence-corrected chi connectivity index (χ0v) is 13.9. The zero-order chi connectivity index (χ0) is 17.5. The number of benzene rings is 1. The van der Waals surface area contributed by atoms with Crippen LogP contribution in [-0.2, 0) is 9.59 Å². The molecule has 0 aromatic heterocycles. The number of amides is 1. The summed E-state index contributed by atoms with van der Waals surface area (Å²) >= 11 is 0. The van der Waals surface area contributed by atoms with Gasteiger partial charge in [0.05, 0.1) is 13.1 Å². The van der Waals surface area contributed by atoms with E-state index in [1.54, 1.807) is 21.9 Å². The molecule has 1 N–H and O–H groups in total. The largest absolute Gasteiger partial charge is 0.480 e. The lowest BCUT2D eigenvalue weighted by Gasteiger charge is -2.37. The van der Waals surface area contributed by atoms with Crippen LogP contribution in [0.3, 0.4) is 0 Å².